The molecule has 6 nitrogen and oxygen atoms in total. The number of hydrogen-bond donors (Lipinski definition) is 2. The van der Waals surface area contributed by atoms with Crippen LogP contribution in [0.3, 0.4) is 0 Å². The Bertz CT molecular complexity index is 768. The lowest BCUT2D eigenvalue weighted by Gasteiger charge is -2.11. The first kappa shape index (κ1) is 17.9. The summed E-state index contributed by atoms with van der Waals surface area (Å²) in [7, 11) is 1.52. The van der Waals surface area contributed by atoms with Crippen molar-refractivity contribution in [1.82, 2.24) is 5.32 Å². The Morgan fingerprint density at radius 1 is 1.12 bits per heavy atom. The zero-order valence-corrected chi connectivity index (χ0v) is 14.7. The highest BCUT2D eigenvalue weighted by atomic mass is 16.5. The van der Waals surface area contributed by atoms with Crippen LogP contribution in [0.5, 0.6) is 5.75 Å². The van der Waals surface area contributed by atoms with Crippen LogP contribution in [0, 0.1) is 0 Å². The summed E-state index contributed by atoms with van der Waals surface area (Å²) in [5, 5.41) is 5.68. The molecule has 1 atom stereocenters. The summed E-state index contributed by atoms with van der Waals surface area (Å²) in [5.41, 5.74) is 1.60. The quantitative estimate of drug-likeness (QED) is 0.836. The van der Waals surface area contributed by atoms with Gasteiger partial charge in [-0.1, -0.05) is 12.1 Å². The fourth-order valence-corrected chi connectivity index (χ4v) is 2.85. The largest absolute Gasteiger partial charge is 0.496 e. The minimum Gasteiger partial charge on any atom is -0.496 e. The van der Waals surface area contributed by atoms with Crippen molar-refractivity contribution < 1.29 is 19.1 Å². The van der Waals surface area contributed by atoms with E-state index >= 15 is 0 Å². The van der Waals surface area contributed by atoms with Gasteiger partial charge in [0.2, 0.25) is 0 Å². The van der Waals surface area contributed by atoms with E-state index in [-0.39, 0.29) is 17.9 Å². The van der Waals surface area contributed by atoms with Crippen LogP contribution in [-0.2, 0) is 4.74 Å². The molecular formula is C20H22N2O4. The van der Waals surface area contributed by atoms with Gasteiger partial charge in [-0.05, 0) is 49.2 Å². The maximum atomic E-state index is 12.4. The maximum absolute atomic E-state index is 12.4. The predicted octanol–water partition coefficient (Wildman–Crippen LogP) is 2.86. The number of para-hydroxylation sites is 1. The number of benzene rings is 2. The Balaban J connectivity index is 1.58. The summed E-state index contributed by atoms with van der Waals surface area (Å²) in [6, 6.07) is 13.8. The van der Waals surface area contributed by atoms with Crippen molar-refractivity contribution in [2.24, 2.45) is 0 Å². The maximum Gasteiger partial charge on any atom is 0.259 e. The van der Waals surface area contributed by atoms with Gasteiger partial charge >= 0.3 is 0 Å². The van der Waals surface area contributed by atoms with Crippen molar-refractivity contribution in [2.45, 2.75) is 18.9 Å². The molecule has 26 heavy (non-hydrogen) atoms. The molecular weight excluding hydrogens is 332 g/mol. The summed E-state index contributed by atoms with van der Waals surface area (Å²) in [6.07, 6.45) is 2.13. The third-order valence-electron chi connectivity index (χ3n) is 4.27. The van der Waals surface area contributed by atoms with Crippen molar-refractivity contribution in [3.8, 4) is 5.75 Å². The summed E-state index contributed by atoms with van der Waals surface area (Å²) < 4.78 is 10.7. The number of carbonyl (C=O) groups is 2. The van der Waals surface area contributed by atoms with Gasteiger partial charge in [0.1, 0.15) is 5.75 Å². The molecule has 1 saturated heterocycles. The number of ether oxygens (including phenoxy) is 2. The molecule has 6 heteroatoms. The third-order valence-corrected chi connectivity index (χ3v) is 4.27. The molecule has 0 radical (unpaired) electrons. The molecule has 1 aliphatic rings. The number of amides is 2. The lowest BCUT2D eigenvalue weighted by molar-refractivity contribution is 0.0857. The zero-order chi connectivity index (χ0) is 18.4. The van der Waals surface area contributed by atoms with Crippen molar-refractivity contribution in [3.05, 3.63) is 59.7 Å². The molecule has 1 heterocycles. The van der Waals surface area contributed by atoms with Crippen molar-refractivity contribution in [3.63, 3.8) is 0 Å². The van der Waals surface area contributed by atoms with Gasteiger partial charge in [0, 0.05) is 24.4 Å². The predicted molar refractivity (Wildman–Crippen MR) is 98.7 cm³/mol. The van der Waals surface area contributed by atoms with Gasteiger partial charge in [0.25, 0.3) is 11.8 Å². The van der Waals surface area contributed by atoms with Crippen molar-refractivity contribution in [1.29, 1.82) is 0 Å². The molecule has 2 N–H and O–H groups in total. The van der Waals surface area contributed by atoms with Crippen LogP contribution < -0.4 is 15.4 Å². The smallest absolute Gasteiger partial charge is 0.259 e. The lowest BCUT2D eigenvalue weighted by Crippen LogP contribution is -2.31. The van der Waals surface area contributed by atoms with Crippen molar-refractivity contribution >= 4 is 17.5 Å². The molecule has 0 bridgehead atoms. The van der Waals surface area contributed by atoms with E-state index in [1.165, 1.54) is 7.11 Å². The summed E-state index contributed by atoms with van der Waals surface area (Å²) in [4.78, 5) is 24.5. The minimum atomic E-state index is -0.266. The van der Waals surface area contributed by atoms with Gasteiger partial charge < -0.3 is 20.1 Å². The Kier molecular flexibility index (Phi) is 5.86. The van der Waals surface area contributed by atoms with E-state index in [1.54, 1.807) is 48.5 Å². The molecule has 0 aliphatic carbocycles. The SMILES string of the molecule is COc1ccccc1C(=O)Nc1ccc(C(=O)NCC2CCCO2)cc1. The summed E-state index contributed by atoms with van der Waals surface area (Å²) in [5.74, 6) is 0.0938. The first-order valence-electron chi connectivity index (χ1n) is 8.61. The van der Waals surface area contributed by atoms with Crippen LogP contribution in [0.4, 0.5) is 5.69 Å². The van der Waals surface area contributed by atoms with Gasteiger partial charge in [0.15, 0.2) is 0 Å². The number of rotatable bonds is 6. The molecule has 2 aromatic rings. The second-order valence-corrected chi connectivity index (χ2v) is 6.08. The zero-order valence-electron chi connectivity index (χ0n) is 14.7. The summed E-state index contributed by atoms with van der Waals surface area (Å²) in [6.45, 7) is 1.28. The molecule has 3 rings (SSSR count). The van der Waals surface area contributed by atoms with E-state index in [0.717, 1.165) is 19.4 Å². The van der Waals surface area contributed by atoms with E-state index in [0.29, 0.717) is 29.1 Å². The van der Waals surface area contributed by atoms with Crippen LogP contribution in [0.25, 0.3) is 0 Å². The Morgan fingerprint density at radius 3 is 2.58 bits per heavy atom. The number of nitrogens with one attached hydrogen (secondary N) is 2. The van der Waals surface area contributed by atoms with Crippen LogP contribution in [0.1, 0.15) is 33.6 Å². The molecule has 0 aromatic heterocycles. The normalized spacial score (nSPS) is 16.1. The van der Waals surface area contributed by atoms with Crippen LogP contribution in [-0.4, -0.2) is 38.2 Å². The highest BCUT2D eigenvalue weighted by molar-refractivity contribution is 6.06. The molecule has 1 fully saturated rings. The molecule has 1 aliphatic heterocycles. The second-order valence-electron chi connectivity index (χ2n) is 6.08. The first-order valence-corrected chi connectivity index (χ1v) is 8.61. The molecule has 0 spiro atoms. The average Bonchev–Trinajstić information content (AvgIpc) is 3.20. The monoisotopic (exact) mass is 354 g/mol. The van der Waals surface area contributed by atoms with Gasteiger partial charge in [-0.25, -0.2) is 0 Å². The average molecular weight is 354 g/mol. The Morgan fingerprint density at radius 2 is 1.88 bits per heavy atom. The van der Waals surface area contributed by atoms with Crippen LogP contribution in [0.2, 0.25) is 0 Å². The minimum absolute atomic E-state index is 0.110. The number of carbonyl (C=O) groups excluding carboxylic acids is 2. The number of anilines is 1. The van der Waals surface area contributed by atoms with E-state index < -0.39 is 0 Å². The Labute approximate surface area is 152 Å². The van der Waals surface area contributed by atoms with E-state index in [1.807, 2.05) is 0 Å². The van der Waals surface area contributed by atoms with E-state index in [4.69, 9.17) is 9.47 Å². The fraction of sp³-hybridized carbons (Fsp3) is 0.300. The summed E-state index contributed by atoms with van der Waals surface area (Å²) >= 11 is 0. The van der Waals surface area contributed by atoms with Crippen LogP contribution in [0.15, 0.2) is 48.5 Å². The number of hydrogen-bond acceptors (Lipinski definition) is 4. The molecule has 2 amide bonds. The van der Waals surface area contributed by atoms with Crippen LogP contribution >= 0.6 is 0 Å². The highest BCUT2D eigenvalue weighted by Crippen LogP contribution is 2.19. The van der Waals surface area contributed by atoms with Gasteiger partial charge in [-0.2, -0.15) is 0 Å². The molecule has 0 saturated carbocycles. The van der Waals surface area contributed by atoms with E-state index in [2.05, 4.69) is 10.6 Å². The molecule has 136 valence electrons. The first-order chi connectivity index (χ1) is 12.7. The van der Waals surface area contributed by atoms with Crippen molar-refractivity contribution in [2.75, 3.05) is 25.6 Å². The Hall–Kier alpha value is -2.86. The van der Waals surface area contributed by atoms with E-state index in [9.17, 15) is 9.59 Å². The fourth-order valence-electron chi connectivity index (χ4n) is 2.85. The molecule has 1 unspecified atom stereocenters. The molecule has 2 aromatic carbocycles. The second kappa shape index (κ2) is 8.49. The highest BCUT2D eigenvalue weighted by Gasteiger charge is 2.17. The van der Waals surface area contributed by atoms with Gasteiger partial charge in [0.05, 0.1) is 18.8 Å². The topological polar surface area (TPSA) is 76.7 Å². The third kappa shape index (κ3) is 4.40. The van der Waals surface area contributed by atoms with Gasteiger partial charge in [-0.3, -0.25) is 9.59 Å². The van der Waals surface area contributed by atoms with Gasteiger partial charge in [-0.15, -0.1) is 0 Å². The number of methoxy groups -OCH3 is 1. The lowest BCUT2D eigenvalue weighted by atomic mass is 10.1. The standard InChI is InChI=1S/C20H22N2O4/c1-25-18-7-3-2-6-17(18)20(24)22-15-10-8-14(9-11-15)19(23)21-13-16-5-4-12-26-16/h2-3,6-11,16H,4-5,12-13H2,1H3,(H,21,23)(H,22,24).